The van der Waals surface area contributed by atoms with E-state index in [0.29, 0.717) is 22.3 Å². The van der Waals surface area contributed by atoms with Gasteiger partial charge in [0.1, 0.15) is 17.3 Å². The van der Waals surface area contributed by atoms with Crippen molar-refractivity contribution in [1.29, 1.82) is 0 Å². The number of aromatic nitrogens is 6. The van der Waals surface area contributed by atoms with E-state index in [1.165, 1.54) is 29.3 Å². The average Bonchev–Trinajstić information content (AvgIpc) is 3.47. The zero-order chi connectivity index (χ0) is 32.0. The first-order valence-corrected chi connectivity index (χ1v) is 14.6. The number of nitrogens with two attached hydrogens (primary N) is 1. The van der Waals surface area contributed by atoms with Gasteiger partial charge in [0.15, 0.2) is 5.82 Å². The van der Waals surface area contributed by atoms with Crippen LogP contribution in [0.3, 0.4) is 0 Å². The molecule has 5 aromatic rings. The lowest BCUT2D eigenvalue weighted by atomic mass is 9.86. The molecule has 4 aromatic heterocycles. The number of carbonyl (C=O) groups is 1. The average molecular weight is 612 g/mol. The number of benzene rings is 1. The summed E-state index contributed by atoms with van der Waals surface area (Å²) in [6.45, 7) is 8.74. The summed E-state index contributed by atoms with van der Waals surface area (Å²) in [5.41, 5.74) is 7.11. The molecule has 0 radical (unpaired) electrons. The van der Waals surface area contributed by atoms with E-state index in [9.17, 15) is 14.7 Å². The molecule has 1 amide bonds. The van der Waals surface area contributed by atoms with Gasteiger partial charge in [0.2, 0.25) is 0 Å². The van der Waals surface area contributed by atoms with Crippen LogP contribution >= 0.6 is 0 Å². The number of likely N-dealkylation sites (N-methyl/N-ethyl adjacent to an activating group) is 1. The lowest BCUT2D eigenvalue weighted by Gasteiger charge is -2.33. The van der Waals surface area contributed by atoms with Crippen LogP contribution in [0.4, 0.5) is 10.2 Å². The minimum atomic E-state index is -0.725. The number of piperazine rings is 1. The van der Waals surface area contributed by atoms with Gasteiger partial charge < -0.3 is 20.6 Å². The zero-order valence-corrected chi connectivity index (χ0v) is 25.5. The maximum atomic E-state index is 15.3. The highest BCUT2D eigenvalue weighted by Gasteiger charge is 2.24. The van der Waals surface area contributed by atoms with Crippen molar-refractivity contribution in [2.24, 2.45) is 5.73 Å². The normalized spacial score (nSPS) is 14.3. The second kappa shape index (κ2) is 11.5. The number of primary amides is 1. The van der Waals surface area contributed by atoms with Gasteiger partial charge in [-0.15, -0.1) is 0 Å². The van der Waals surface area contributed by atoms with E-state index in [-0.39, 0.29) is 27.7 Å². The van der Waals surface area contributed by atoms with Crippen LogP contribution in [0.25, 0.3) is 33.5 Å². The van der Waals surface area contributed by atoms with Gasteiger partial charge in [-0.2, -0.15) is 14.9 Å². The summed E-state index contributed by atoms with van der Waals surface area (Å²) in [5.74, 6) is -0.598. The van der Waals surface area contributed by atoms with Crippen LogP contribution < -0.4 is 16.2 Å². The Morgan fingerprint density at radius 3 is 2.49 bits per heavy atom. The van der Waals surface area contributed by atoms with Crippen molar-refractivity contribution in [3.8, 4) is 22.8 Å². The fraction of sp³-hybridized carbons (Fsp3) is 0.312. The number of rotatable bonds is 6. The molecular formula is C32H34FN9O3. The lowest BCUT2D eigenvalue weighted by molar-refractivity contribution is 0.100. The summed E-state index contributed by atoms with van der Waals surface area (Å²) in [7, 11) is 2.07. The molecule has 0 spiro atoms. The number of hydrogen-bond donors (Lipinski definition) is 2. The largest absolute Gasteiger partial charge is 0.391 e. The Morgan fingerprint density at radius 1 is 1.07 bits per heavy atom. The Bertz CT molecular complexity index is 1990. The Kier molecular flexibility index (Phi) is 7.67. The van der Waals surface area contributed by atoms with Gasteiger partial charge in [0.05, 0.1) is 29.4 Å². The summed E-state index contributed by atoms with van der Waals surface area (Å²) in [6.07, 6.45) is 5.96. The highest BCUT2D eigenvalue weighted by molar-refractivity contribution is 5.99. The van der Waals surface area contributed by atoms with Crippen molar-refractivity contribution in [2.45, 2.75) is 32.8 Å². The topological polar surface area (TPSA) is 148 Å². The molecule has 0 aliphatic carbocycles. The molecule has 0 atom stereocenters. The van der Waals surface area contributed by atoms with Crippen molar-refractivity contribution in [1.82, 2.24) is 34.4 Å². The third-order valence-electron chi connectivity index (χ3n) is 8.15. The number of halogens is 1. The van der Waals surface area contributed by atoms with E-state index in [1.807, 2.05) is 26.8 Å². The Balaban J connectivity index is 1.44. The summed E-state index contributed by atoms with van der Waals surface area (Å²) >= 11 is 0. The monoisotopic (exact) mass is 611 g/mol. The number of pyridine rings is 2. The highest BCUT2D eigenvalue weighted by Crippen LogP contribution is 2.30. The number of nitrogens with zero attached hydrogens (tertiary/aromatic N) is 8. The molecule has 0 saturated carbocycles. The molecule has 45 heavy (non-hydrogen) atoms. The number of amides is 1. The minimum Gasteiger partial charge on any atom is -0.391 e. The smallest absolute Gasteiger partial charge is 0.283 e. The quantitative estimate of drug-likeness (QED) is 0.296. The van der Waals surface area contributed by atoms with E-state index in [4.69, 9.17) is 5.73 Å². The Labute approximate surface area is 258 Å². The second-order valence-electron chi connectivity index (χ2n) is 12.2. The molecule has 1 fully saturated rings. The molecular weight excluding hydrogens is 577 g/mol. The third kappa shape index (κ3) is 5.56. The Morgan fingerprint density at radius 2 is 1.80 bits per heavy atom. The second-order valence-corrected chi connectivity index (χ2v) is 12.2. The molecule has 0 unspecified atom stereocenters. The molecule has 5 heterocycles. The van der Waals surface area contributed by atoms with E-state index in [2.05, 4.69) is 37.0 Å². The molecule has 1 saturated heterocycles. The molecule has 1 aromatic carbocycles. The van der Waals surface area contributed by atoms with Gasteiger partial charge in [-0.05, 0) is 48.4 Å². The SMILES string of the molecule is CN1CCN(c2cc(-c3nn(-c4ccnc(-n5ncc6cc(C(C)(C)C)cc(F)c6c5=O)c4CO)cc3C(N)=O)ccn2)CC1. The molecule has 232 valence electrons. The molecule has 3 N–H and O–H groups in total. The van der Waals surface area contributed by atoms with Crippen LogP contribution in [0.5, 0.6) is 0 Å². The zero-order valence-electron chi connectivity index (χ0n) is 25.5. The molecule has 12 nitrogen and oxygen atoms in total. The van der Waals surface area contributed by atoms with Crippen molar-refractivity contribution >= 4 is 22.5 Å². The number of anilines is 1. The fourth-order valence-electron chi connectivity index (χ4n) is 5.50. The van der Waals surface area contributed by atoms with E-state index >= 15 is 4.39 Å². The molecule has 0 bridgehead atoms. The molecule has 1 aliphatic rings. The van der Waals surface area contributed by atoms with Gasteiger partial charge in [-0.1, -0.05) is 20.8 Å². The fourth-order valence-corrected chi connectivity index (χ4v) is 5.50. The van der Waals surface area contributed by atoms with Crippen LogP contribution in [-0.4, -0.2) is 78.7 Å². The number of hydrogen-bond acceptors (Lipinski definition) is 9. The van der Waals surface area contributed by atoms with Gasteiger partial charge in [0.25, 0.3) is 11.5 Å². The number of fused-ring (bicyclic) bond motifs is 1. The maximum absolute atomic E-state index is 15.3. The van der Waals surface area contributed by atoms with Gasteiger partial charge in [-0.25, -0.2) is 19.0 Å². The van der Waals surface area contributed by atoms with Gasteiger partial charge >= 0.3 is 0 Å². The third-order valence-corrected chi connectivity index (χ3v) is 8.15. The van der Waals surface area contributed by atoms with E-state index < -0.39 is 23.9 Å². The summed E-state index contributed by atoms with van der Waals surface area (Å²) in [6, 6.07) is 8.31. The minimum absolute atomic E-state index is 0.000127. The van der Waals surface area contributed by atoms with Gasteiger partial charge in [-0.3, -0.25) is 9.59 Å². The molecule has 1 aliphatic heterocycles. The predicted molar refractivity (Wildman–Crippen MR) is 168 cm³/mol. The van der Waals surface area contributed by atoms with Crippen LogP contribution in [0.1, 0.15) is 42.3 Å². The molecule has 13 heteroatoms. The van der Waals surface area contributed by atoms with Crippen molar-refractivity contribution < 1.29 is 14.3 Å². The summed E-state index contributed by atoms with van der Waals surface area (Å²) < 4.78 is 17.7. The lowest BCUT2D eigenvalue weighted by Crippen LogP contribution is -2.44. The first-order valence-electron chi connectivity index (χ1n) is 14.6. The van der Waals surface area contributed by atoms with Gasteiger partial charge in [0, 0.05) is 61.3 Å². The van der Waals surface area contributed by atoms with Crippen LogP contribution in [0.2, 0.25) is 0 Å². The van der Waals surface area contributed by atoms with Crippen molar-refractivity contribution in [3.63, 3.8) is 0 Å². The number of carbonyl (C=O) groups excluding carboxylic acids is 1. The summed E-state index contributed by atoms with van der Waals surface area (Å²) in [4.78, 5) is 39.4. The van der Waals surface area contributed by atoms with Crippen LogP contribution in [0, 0.1) is 5.82 Å². The predicted octanol–water partition coefficient (Wildman–Crippen LogP) is 2.81. The summed E-state index contributed by atoms with van der Waals surface area (Å²) in [5, 5.41) is 19.7. The standard InChI is InChI=1S/C32H34FN9O3/c1-32(2,3)21-13-20-16-37-42(31(45)27(20)24(33)15-21)30-23(18-43)25(6-8-36-30)41-17-22(29(34)44)28(38-41)19-5-7-35-26(14-19)40-11-9-39(4)10-12-40/h5-8,13-17,43H,9-12,18H2,1-4H3,(H2,34,44). The maximum Gasteiger partial charge on any atom is 0.283 e. The highest BCUT2D eigenvalue weighted by atomic mass is 19.1. The number of aliphatic hydroxyl groups is 1. The van der Waals surface area contributed by atoms with Crippen LogP contribution in [-0.2, 0) is 12.0 Å². The van der Waals surface area contributed by atoms with E-state index in [0.717, 1.165) is 42.2 Å². The van der Waals surface area contributed by atoms with Crippen molar-refractivity contribution in [3.05, 3.63) is 88.0 Å². The van der Waals surface area contributed by atoms with Crippen LogP contribution in [0.15, 0.2) is 59.9 Å². The number of aliphatic hydroxyl groups excluding tert-OH is 1. The Hall–Kier alpha value is -5.01. The first kappa shape index (κ1) is 30.0. The van der Waals surface area contributed by atoms with Crippen molar-refractivity contribution in [2.75, 3.05) is 38.1 Å². The first-order chi connectivity index (χ1) is 21.5. The molecule has 6 rings (SSSR count). The van der Waals surface area contributed by atoms with E-state index in [1.54, 1.807) is 24.4 Å².